The molecule has 7 heteroatoms. The molecule has 3 N–H and O–H groups in total. The van der Waals surface area contributed by atoms with Gasteiger partial charge in [-0.05, 0) is 18.1 Å². The van der Waals surface area contributed by atoms with Crippen LogP contribution >= 0.6 is 0 Å². The molecule has 0 aromatic heterocycles. The maximum absolute atomic E-state index is 10.7. The van der Waals surface area contributed by atoms with Crippen molar-refractivity contribution in [3.8, 4) is 5.75 Å². The van der Waals surface area contributed by atoms with Crippen LogP contribution in [0.15, 0.2) is 18.2 Å². The SMILES string of the molecule is Cc1cccc(CCOS(N)(=O)=O)c1OC(C)(C)O. The first-order valence-corrected chi connectivity index (χ1v) is 7.23. The molecule has 0 spiro atoms. The number of ether oxygens (including phenoxy) is 1. The van der Waals surface area contributed by atoms with Gasteiger partial charge in [0.1, 0.15) is 5.75 Å². The highest BCUT2D eigenvalue weighted by Crippen LogP contribution is 2.27. The lowest BCUT2D eigenvalue weighted by molar-refractivity contribution is -0.105. The normalized spacial score (nSPS) is 12.5. The van der Waals surface area contributed by atoms with Crippen molar-refractivity contribution in [2.75, 3.05) is 6.61 Å². The van der Waals surface area contributed by atoms with Crippen LogP contribution < -0.4 is 9.88 Å². The zero-order valence-corrected chi connectivity index (χ0v) is 12.0. The zero-order chi connectivity index (χ0) is 14.7. The fourth-order valence-corrected chi connectivity index (χ4v) is 1.89. The number of aliphatic hydroxyl groups is 1. The van der Waals surface area contributed by atoms with Crippen molar-refractivity contribution in [2.45, 2.75) is 33.0 Å². The van der Waals surface area contributed by atoms with E-state index in [-0.39, 0.29) is 6.61 Å². The van der Waals surface area contributed by atoms with Gasteiger partial charge < -0.3 is 9.84 Å². The maximum Gasteiger partial charge on any atom is 0.333 e. The van der Waals surface area contributed by atoms with Crippen LogP contribution in [-0.4, -0.2) is 25.9 Å². The first-order chi connectivity index (χ1) is 8.58. The fraction of sp³-hybridized carbons (Fsp3) is 0.500. The van der Waals surface area contributed by atoms with Crippen molar-refractivity contribution in [1.29, 1.82) is 0 Å². The largest absolute Gasteiger partial charge is 0.463 e. The zero-order valence-electron chi connectivity index (χ0n) is 11.2. The molecule has 0 saturated heterocycles. The second-order valence-electron chi connectivity index (χ2n) is 4.68. The summed E-state index contributed by atoms with van der Waals surface area (Å²) in [4.78, 5) is 0. The summed E-state index contributed by atoms with van der Waals surface area (Å²) in [6.07, 6.45) is 0.309. The highest BCUT2D eigenvalue weighted by atomic mass is 32.2. The van der Waals surface area contributed by atoms with Gasteiger partial charge in [-0.1, -0.05) is 18.2 Å². The number of nitrogens with two attached hydrogens (primary N) is 1. The molecule has 0 bridgehead atoms. The molecule has 0 fully saturated rings. The Morgan fingerprint density at radius 1 is 1.37 bits per heavy atom. The first-order valence-electron chi connectivity index (χ1n) is 5.75. The number of hydrogen-bond donors (Lipinski definition) is 2. The van der Waals surface area contributed by atoms with Gasteiger partial charge in [-0.25, -0.2) is 5.14 Å². The van der Waals surface area contributed by atoms with Gasteiger partial charge >= 0.3 is 10.3 Å². The molecule has 0 heterocycles. The Kier molecular flexibility index (Phi) is 4.92. The molecule has 0 unspecified atom stereocenters. The first kappa shape index (κ1) is 15.9. The predicted molar refractivity (Wildman–Crippen MR) is 70.9 cm³/mol. The third kappa shape index (κ3) is 6.02. The van der Waals surface area contributed by atoms with Crippen molar-refractivity contribution >= 4 is 10.3 Å². The van der Waals surface area contributed by atoms with Gasteiger partial charge in [0, 0.05) is 20.3 Å². The lowest BCUT2D eigenvalue weighted by atomic mass is 10.1. The summed E-state index contributed by atoms with van der Waals surface area (Å²) < 4.78 is 31.3. The van der Waals surface area contributed by atoms with Gasteiger partial charge in [0.2, 0.25) is 5.79 Å². The highest BCUT2D eigenvalue weighted by molar-refractivity contribution is 7.84. The molecule has 0 aliphatic carbocycles. The van der Waals surface area contributed by atoms with E-state index < -0.39 is 16.1 Å². The van der Waals surface area contributed by atoms with E-state index in [1.165, 1.54) is 13.8 Å². The third-order valence-corrected chi connectivity index (χ3v) is 2.76. The van der Waals surface area contributed by atoms with E-state index in [9.17, 15) is 13.5 Å². The van der Waals surface area contributed by atoms with Crippen LogP contribution in [0, 0.1) is 6.92 Å². The molecule has 6 nitrogen and oxygen atoms in total. The molecule has 0 atom stereocenters. The van der Waals surface area contributed by atoms with Crippen LogP contribution in [0.25, 0.3) is 0 Å². The average molecular weight is 289 g/mol. The molecule has 0 radical (unpaired) electrons. The maximum atomic E-state index is 10.7. The highest BCUT2D eigenvalue weighted by Gasteiger charge is 2.18. The van der Waals surface area contributed by atoms with E-state index in [4.69, 9.17) is 9.88 Å². The quantitative estimate of drug-likeness (QED) is 0.757. The number of hydrogen-bond acceptors (Lipinski definition) is 5. The van der Waals surface area contributed by atoms with Gasteiger partial charge in [0.05, 0.1) is 6.61 Å². The molecule has 1 aromatic rings. The van der Waals surface area contributed by atoms with Crippen molar-refractivity contribution in [3.05, 3.63) is 29.3 Å². The van der Waals surface area contributed by atoms with Crippen molar-refractivity contribution in [1.82, 2.24) is 0 Å². The van der Waals surface area contributed by atoms with E-state index >= 15 is 0 Å². The molecule has 0 amide bonds. The monoisotopic (exact) mass is 289 g/mol. The molecule has 19 heavy (non-hydrogen) atoms. The van der Waals surface area contributed by atoms with Gasteiger partial charge in [-0.2, -0.15) is 8.42 Å². The molecular weight excluding hydrogens is 270 g/mol. The van der Waals surface area contributed by atoms with Crippen LogP contribution in [0.2, 0.25) is 0 Å². The van der Waals surface area contributed by atoms with E-state index in [1.807, 2.05) is 19.1 Å². The number of para-hydroxylation sites is 1. The van der Waals surface area contributed by atoms with Crippen LogP contribution in [-0.2, 0) is 20.9 Å². The summed E-state index contributed by atoms with van der Waals surface area (Å²) in [6.45, 7) is 4.80. The Hall–Kier alpha value is -1.15. The summed E-state index contributed by atoms with van der Waals surface area (Å²) in [7, 11) is -3.94. The fourth-order valence-electron chi connectivity index (χ4n) is 1.57. The molecule has 0 aliphatic rings. The third-order valence-electron chi connectivity index (χ3n) is 2.26. The predicted octanol–water partition coefficient (Wildman–Crippen LogP) is 0.865. The second-order valence-corrected chi connectivity index (χ2v) is 5.90. The lowest BCUT2D eigenvalue weighted by Gasteiger charge is -2.23. The van der Waals surface area contributed by atoms with Gasteiger partial charge in [-0.3, -0.25) is 4.18 Å². The average Bonchev–Trinajstić information content (AvgIpc) is 2.19. The smallest absolute Gasteiger partial charge is 0.333 e. The number of aryl methyl sites for hydroxylation is 1. The number of benzene rings is 1. The summed E-state index contributed by atoms with van der Waals surface area (Å²) >= 11 is 0. The van der Waals surface area contributed by atoms with E-state index in [0.717, 1.165) is 11.1 Å². The summed E-state index contributed by atoms with van der Waals surface area (Å²) in [5.74, 6) is -0.796. The van der Waals surface area contributed by atoms with Crippen LogP contribution in [0.5, 0.6) is 5.75 Å². The van der Waals surface area contributed by atoms with Crippen molar-refractivity contribution in [3.63, 3.8) is 0 Å². The molecule has 1 aromatic carbocycles. The molecule has 1 rings (SSSR count). The molecule has 108 valence electrons. The van der Waals surface area contributed by atoms with Crippen molar-refractivity contribution < 1.29 is 22.4 Å². The number of rotatable bonds is 6. The van der Waals surface area contributed by atoms with Crippen LogP contribution in [0.1, 0.15) is 25.0 Å². The van der Waals surface area contributed by atoms with Gasteiger partial charge in [0.25, 0.3) is 0 Å². The molecule has 0 aliphatic heterocycles. The van der Waals surface area contributed by atoms with E-state index in [1.54, 1.807) is 6.07 Å². The lowest BCUT2D eigenvalue weighted by Crippen LogP contribution is -2.28. The minimum atomic E-state index is -3.94. The van der Waals surface area contributed by atoms with E-state index in [0.29, 0.717) is 12.2 Å². The minimum Gasteiger partial charge on any atom is -0.463 e. The summed E-state index contributed by atoms with van der Waals surface area (Å²) in [5.41, 5.74) is 1.58. The summed E-state index contributed by atoms with van der Waals surface area (Å²) in [5, 5.41) is 14.5. The van der Waals surface area contributed by atoms with Gasteiger partial charge in [0.15, 0.2) is 0 Å². The molecule has 0 saturated carbocycles. The Bertz CT molecular complexity index is 534. The molecular formula is C12H19NO5S. The van der Waals surface area contributed by atoms with Crippen LogP contribution in [0.4, 0.5) is 0 Å². The standard InChI is InChI=1S/C12H19NO5S/c1-9-5-4-6-10(7-8-17-19(13,15)16)11(9)18-12(2,3)14/h4-6,14H,7-8H2,1-3H3,(H2,13,15,16). The Morgan fingerprint density at radius 2 is 2.00 bits per heavy atom. The van der Waals surface area contributed by atoms with Gasteiger partial charge in [-0.15, -0.1) is 0 Å². The second kappa shape index (κ2) is 5.87. The topological polar surface area (TPSA) is 98.9 Å². The van der Waals surface area contributed by atoms with Crippen molar-refractivity contribution in [2.24, 2.45) is 5.14 Å². The van der Waals surface area contributed by atoms with E-state index in [2.05, 4.69) is 4.18 Å². The minimum absolute atomic E-state index is 0.0789. The van der Waals surface area contributed by atoms with Crippen LogP contribution in [0.3, 0.4) is 0 Å². The summed E-state index contributed by atoms with van der Waals surface area (Å²) in [6, 6.07) is 5.44. The Morgan fingerprint density at radius 3 is 2.53 bits per heavy atom. The Labute approximate surface area is 113 Å². The Balaban J connectivity index is 2.86.